The number of nitrogens with zero attached hydrogens (tertiary/aromatic N) is 3. The van der Waals surface area contributed by atoms with Crippen molar-refractivity contribution in [3.05, 3.63) is 53.2 Å². The Balaban J connectivity index is 1.73. The molecule has 21 heavy (non-hydrogen) atoms. The van der Waals surface area contributed by atoms with Gasteiger partial charge in [0.15, 0.2) is 0 Å². The van der Waals surface area contributed by atoms with Gasteiger partial charge in [0.05, 0.1) is 18.0 Å². The summed E-state index contributed by atoms with van der Waals surface area (Å²) in [6.45, 7) is 1.28. The quantitative estimate of drug-likeness (QED) is 0.927. The third-order valence-corrected chi connectivity index (χ3v) is 4.07. The lowest BCUT2D eigenvalue weighted by Crippen LogP contribution is -2.43. The SMILES string of the molecule is OC1(c2ccc(F)cc2)CCN(c2cncc(Cl)n2)CC1. The first-order valence-electron chi connectivity index (χ1n) is 6.78. The number of piperidine rings is 1. The zero-order valence-corrected chi connectivity index (χ0v) is 12.1. The van der Waals surface area contributed by atoms with E-state index >= 15 is 0 Å². The first kappa shape index (κ1) is 14.2. The van der Waals surface area contributed by atoms with E-state index < -0.39 is 5.60 Å². The highest BCUT2D eigenvalue weighted by Crippen LogP contribution is 2.34. The molecule has 0 atom stereocenters. The second kappa shape index (κ2) is 5.58. The summed E-state index contributed by atoms with van der Waals surface area (Å²) in [4.78, 5) is 10.3. The van der Waals surface area contributed by atoms with Crippen molar-refractivity contribution in [2.45, 2.75) is 18.4 Å². The Morgan fingerprint density at radius 2 is 1.81 bits per heavy atom. The average Bonchev–Trinajstić information content (AvgIpc) is 2.48. The van der Waals surface area contributed by atoms with Crippen LogP contribution in [0.5, 0.6) is 0 Å². The van der Waals surface area contributed by atoms with Gasteiger partial charge in [-0.2, -0.15) is 0 Å². The fourth-order valence-electron chi connectivity index (χ4n) is 2.64. The molecule has 1 aliphatic rings. The summed E-state index contributed by atoms with van der Waals surface area (Å²) in [6.07, 6.45) is 4.25. The molecule has 2 aromatic rings. The first-order valence-corrected chi connectivity index (χ1v) is 7.16. The highest BCUT2D eigenvalue weighted by molar-refractivity contribution is 6.29. The van der Waals surface area contributed by atoms with Crippen LogP contribution in [0.2, 0.25) is 5.15 Å². The second-order valence-corrected chi connectivity index (χ2v) is 5.61. The topological polar surface area (TPSA) is 49.2 Å². The molecule has 0 aliphatic carbocycles. The number of hydrogen-bond donors (Lipinski definition) is 1. The van der Waals surface area contributed by atoms with Gasteiger partial charge in [-0.3, -0.25) is 4.98 Å². The number of rotatable bonds is 2. The van der Waals surface area contributed by atoms with E-state index in [0.29, 0.717) is 36.9 Å². The Labute approximate surface area is 127 Å². The summed E-state index contributed by atoms with van der Waals surface area (Å²) in [5.74, 6) is 0.414. The van der Waals surface area contributed by atoms with E-state index in [0.717, 1.165) is 5.56 Å². The van der Waals surface area contributed by atoms with Gasteiger partial charge in [0, 0.05) is 13.1 Å². The molecule has 1 fully saturated rings. The molecule has 1 aliphatic heterocycles. The number of halogens is 2. The third-order valence-electron chi connectivity index (χ3n) is 3.89. The van der Waals surface area contributed by atoms with Gasteiger partial charge in [0.25, 0.3) is 0 Å². The van der Waals surface area contributed by atoms with E-state index in [4.69, 9.17) is 11.6 Å². The fraction of sp³-hybridized carbons (Fsp3) is 0.333. The third kappa shape index (κ3) is 2.99. The Morgan fingerprint density at radius 3 is 2.43 bits per heavy atom. The van der Waals surface area contributed by atoms with Crippen molar-refractivity contribution < 1.29 is 9.50 Å². The van der Waals surface area contributed by atoms with Crippen LogP contribution in [0.15, 0.2) is 36.7 Å². The van der Waals surface area contributed by atoms with Gasteiger partial charge in [-0.15, -0.1) is 0 Å². The predicted octanol–water partition coefficient (Wildman–Crippen LogP) is 2.76. The molecule has 3 rings (SSSR count). The molecule has 110 valence electrons. The van der Waals surface area contributed by atoms with E-state index in [2.05, 4.69) is 9.97 Å². The number of hydrogen-bond acceptors (Lipinski definition) is 4. The number of anilines is 1. The van der Waals surface area contributed by atoms with Crippen LogP contribution in [-0.4, -0.2) is 28.2 Å². The van der Waals surface area contributed by atoms with Crippen LogP contribution in [0.4, 0.5) is 10.2 Å². The summed E-state index contributed by atoms with van der Waals surface area (Å²) in [6, 6.07) is 6.04. The summed E-state index contributed by atoms with van der Waals surface area (Å²) in [5, 5.41) is 11.1. The van der Waals surface area contributed by atoms with Gasteiger partial charge >= 0.3 is 0 Å². The zero-order valence-electron chi connectivity index (χ0n) is 11.3. The molecule has 1 aromatic heterocycles. The van der Waals surface area contributed by atoms with Gasteiger partial charge in [-0.05, 0) is 30.5 Å². The van der Waals surface area contributed by atoms with Crippen LogP contribution in [0, 0.1) is 5.82 Å². The minimum absolute atomic E-state index is 0.297. The smallest absolute Gasteiger partial charge is 0.149 e. The van der Waals surface area contributed by atoms with Crippen molar-refractivity contribution in [3.63, 3.8) is 0 Å². The van der Waals surface area contributed by atoms with E-state index in [-0.39, 0.29) is 5.82 Å². The largest absolute Gasteiger partial charge is 0.385 e. The molecule has 6 heteroatoms. The lowest BCUT2D eigenvalue weighted by molar-refractivity contribution is 0.0116. The van der Waals surface area contributed by atoms with E-state index in [1.807, 2.05) is 4.90 Å². The molecule has 0 bridgehead atoms. The molecule has 0 spiro atoms. The van der Waals surface area contributed by atoms with Crippen molar-refractivity contribution >= 4 is 17.4 Å². The van der Waals surface area contributed by atoms with Crippen LogP contribution >= 0.6 is 11.6 Å². The number of benzene rings is 1. The van der Waals surface area contributed by atoms with E-state index in [1.165, 1.54) is 18.3 Å². The van der Waals surface area contributed by atoms with Crippen molar-refractivity contribution in [2.75, 3.05) is 18.0 Å². The Bertz CT molecular complexity index is 627. The molecular weight excluding hydrogens is 293 g/mol. The highest BCUT2D eigenvalue weighted by atomic mass is 35.5. The first-order chi connectivity index (χ1) is 10.1. The van der Waals surface area contributed by atoms with Crippen LogP contribution in [0.3, 0.4) is 0 Å². The maximum Gasteiger partial charge on any atom is 0.149 e. The van der Waals surface area contributed by atoms with Gasteiger partial charge in [-0.1, -0.05) is 23.7 Å². The lowest BCUT2D eigenvalue weighted by Gasteiger charge is -2.39. The minimum atomic E-state index is -0.920. The molecule has 1 aromatic carbocycles. The van der Waals surface area contributed by atoms with Crippen molar-refractivity contribution in [1.29, 1.82) is 0 Å². The average molecular weight is 308 g/mol. The minimum Gasteiger partial charge on any atom is -0.385 e. The Hall–Kier alpha value is -1.72. The summed E-state index contributed by atoms with van der Waals surface area (Å²) < 4.78 is 13.0. The highest BCUT2D eigenvalue weighted by Gasteiger charge is 2.34. The lowest BCUT2D eigenvalue weighted by atomic mass is 9.84. The van der Waals surface area contributed by atoms with Gasteiger partial charge in [0.1, 0.15) is 16.8 Å². The molecule has 1 N–H and O–H groups in total. The molecule has 0 saturated carbocycles. The summed E-state index contributed by atoms with van der Waals surface area (Å²) >= 11 is 5.85. The molecule has 1 saturated heterocycles. The molecular formula is C15H15ClFN3O. The molecule has 0 unspecified atom stereocenters. The molecule has 0 amide bonds. The van der Waals surface area contributed by atoms with Crippen LogP contribution in [-0.2, 0) is 5.60 Å². The standard InChI is InChI=1S/C15H15ClFN3O/c16-13-9-18-10-14(19-13)20-7-5-15(21,6-8-20)11-1-3-12(17)4-2-11/h1-4,9-10,21H,5-8H2. The predicted molar refractivity (Wildman–Crippen MR) is 78.8 cm³/mol. The van der Waals surface area contributed by atoms with Crippen LogP contribution in [0.25, 0.3) is 0 Å². The molecule has 4 nitrogen and oxygen atoms in total. The van der Waals surface area contributed by atoms with Crippen LogP contribution < -0.4 is 4.90 Å². The van der Waals surface area contributed by atoms with Crippen molar-refractivity contribution in [1.82, 2.24) is 9.97 Å². The summed E-state index contributed by atoms with van der Waals surface area (Å²) in [5.41, 5.74) is -0.170. The Morgan fingerprint density at radius 1 is 1.14 bits per heavy atom. The number of aliphatic hydroxyl groups is 1. The maximum absolute atomic E-state index is 13.0. The monoisotopic (exact) mass is 307 g/mol. The van der Waals surface area contributed by atoms with E-state index in [9.17, 15) is 9.50 Å². The molecule has 0 radical (unpaired) electrons. The van der Waals surface area contributed by atoms with Gasteiger partial charge < -0.3 is 10.0 Å². The van der Waals surface area contributed by atoms with Gasteiger partial charge in [-0.25, -0.2) is 9.37 Å². The zero-order chi connectivity index (χ0) is 14.9. The number of aromatic nitrogens is 2. The second-order valence-electron chi connectivity index (χ2n) is 5.23. The van der Waals surface area contributed by atoms with Crippen LogP contribution in [0.1, 0.15) is 18.4 Å². The summed E-state index contributed by atoms with van der Waals surface area (Å²) in [7, 11) is 0. The maximum atomic E-state index is 13.0. The fourth-order valence-corrected chi connectivity index (χ4v) is 2.78. The Kier molecular flexibility index (Phi) is 3.78. The van der Waals surface area contributed by atoms with E-state index in [1.54, 1.807) is 18.3 Å². The van der Waals surface area contributed by atoms with Crippen molar-refractivity contribution in [3.8, 4) is 0 Å². The van der Waals surface area contributed by atoms with Crippen molar-refractivity contribution in [2.24, 2.45) is 0 Å². The normalized spacial score (nSPS) is 17.8. The van der Waals surface area contributed by atoms with Gasteiger partial charge in [0.2, 0.25) is 0 Å². The molecule has 2 heterocycles.